The molecule has 0 fully saturated rings. The minimum absolute atomic E-state index is 1.27. The van der Waals surface area contributed by atoms with Crippen LogP contribution in [0.25, 0.3) is 0 Å². The Hall–Kier alpha value is -3.31. The van der Waals surface area contributed by atoms with E-state index in [1.165, 1.54) is 24.8 Å². The van der Waals surface area contributed by atoms with Crippen LogP contribution >= 0.6 is 0 Å². The minimum atomic E-state index is -1.31. The number of hydrogen-bond acceptors (Lipinski definition) is 6. The lowest BCUT2D eigenvalue weighted by Gasteiger charge is -2.24. The van der Waals surface area contributed by atoms with E-state index < -0.39 is 7.12 Å². The number of imidazole rings is 1. The van der Waals surface area contributed by atoms with Gasteiger partial charge in [0.2, 0.25) is 0 Å². The molecule has 4 heterocycles. The fourth-order valence-electron chi connectivity index (χ4n) is 2.25. The van der Waals surface area contributed by atoms with Crippen LogP contribution in [0.15, 0.2) is 50.4 Å². The second kappa shape index (κ2) is 6.85. The number of nitrogens with zero attached hydrogens (tertiary/aromatic N) is 11. The Morgan fingerprint density at radius 3 is 1.54 bits per heavy atom. The molecule has 0 N–H and O–H groups in total. The number of aromatic nitrogens is 11. The zero-order chi connectivity index (χ0) is 16.9. The molecule has 4 rings (SSSR count). The van der Waals surface area contributed by atoms with E-state index in [1.54, 1.807) is 32.8 Å². The van der Waals surface area contributed by atoms with E-state index in [4.69, 9.17) is 0 Å². The number of hydrogen-bond donors (Lipinski definition) is 0. The molecule has 0 radical (unpaired) electrons. The van der Waals surface area contributed by atoms with Gasteiger partial charge in [-0.2, -0.15) is 0 Å². The minimum Gasteiger partial charge on any atom is -0.386 e. The first-order chi connectivity index (χ1) is 11.7. The van der Waals surface area contributed by atoms with Gasteiger partial charge in [-0.3, -0.25) is 0 Å². The highest BCUT2D eigenvalue weighted by Crippen LogP contribution is 1.93. The molecular weight excluding hydrogens is 309 g/mol. The summed E-state index contributed by atoms with van der Waals surface area (Å²) in [6, 6.07) is 0. The lowest BCUT2D eigenvalue weighted by Crippen LogP contribution is -2.42. The SMILES string of the molecule is Cc1n(C)cc[n+]1C.c1ncn([BH-](n2cncn2)n2cncn2)n1. The fraction of sp³-hybridized carbons (Fsp3) is 0.250. The van der Waals surface area contributed by atoms with Gasteiger partial charge in [-0.25, -0.2) is 39.4 Å². The zero-order valence-corrected chi connectivity index (χ0v) is 13.7. The summed E-state index contributed by atoms with van der Waals surface area (Å²) in [6.07, 6.45) is 13.3. The topological polar surface area (TPSA) is 101 Å². The van der Waals surface area contributed by atoms with Crippen LogP contribution in [0.1, 0.15) is 5.82 Å². The largest absolute Gasteiger partial charge is 0.386 e. The average molecular weight is 327 g/mol. The van der Waals surface area contributed by atoms with Crippen molar-refractivity contribution in [2.24, 2.45) is 14.1 Å². The highest BCUT2D eigenvalue weighted by molar-refractivity contribution is 6.52. The van der Waals surface area contributed by atoms with Gasteiger partial charge in [0.15, 0.2) is 0 Å². The molecular formula is C12H18BN11. The van der Waals surface area contributed by atoms with Crippen LogP contribution in [0, 0.1) is 6.92 Å². The quantitative estimate of drug-likeness (QED) is 0.328. The lowest BCUT2D eigenvalue weighted by atomic mass is 9.96. The van der Waals surface area contributed by atoms with Crippen molar-refractivity contribution in [1.29, 1.82) is 0 Å². The number of rotatable bonds is 3. The van der Waals surface area contributed by atoms with Gasteiger partial charge in [-0.1, -0.05) is 0 Å². The van der Waals surface area contributed by atoms with E-state index in [2.05, 4.69) is 46.3 Å². The standard InChI is InChI=1S/C6H7BN9.C6H11N2/c1-8-4-14(11-1)7(15-5-9-2-12-15)16-6-10-3-13-16;1-6-7(2)4-5-8(6)3/h1-7H;4-5H,1-3H3/q-1;+1. The second-order valence-electron chi connectivity index (χ2n) is 5.30. The van der Waals surface area contributed by atoms with Gasteiger partial charge in [0.05, 0.1) is 33.1 Å². The van der Waals surface area contributed by atoms with Gasteiger partial charge in [-0.15, -0.1) is 0 Å². The molecule has 12 heteroatoms. The maximum Gasteiger partial charge on any atom is 0.330 e. The molecule has 0 saturated carbocycles. The molecule has 4 aromatic rings. The maximum atomic E-state index is 4.09. The summed E-state index contributed by atoms with van der Waals surface area (Å²) in [7, 11) is 2.76. The molecule has 0 bridgehead atoms. The third-order valence-electron chi connectivity index (χ3n) is 3.80. The van der Waals surface area contributed by atoms with Crippen molar-refractivity contribution < 1.29 is 4.57 Å². The van der Waals surface area contributed by atoms with Crippen LogP contribution in [-0.2, 0) is 14.1 Å². The van der Waals surface area contributed by atoms with Gasteiger partial charge < -0.3 is 13.8 Å². The molecule has 0 spiro atoms. The molecule has 4 aromatic heterocycles. The van der Waals surface area contributed by atoms with E-state index in [0.29, 0.717) is 0 Å². The van der Waals surface area contributed by atoms with Gasteiger partial charge in [0.1, 0.15) is 31.4 Å². The molecule has 24 heavy (non-hydrogen) atoms. The Kier molecular flexibility index (Phi) is 4.45. The molecule has 0 unspecified atom stereocenters. The van der Waals surface area contributed by atoms with E-state index in [1.807, 2.05) is 26.5 Å². The van der Waals surface area contributed by atoms with Gasteiger partial charge in [-0.05, 0) is 0 Å². The van der Waals surface area contributed by atoms with Gasteiger partial charge in [0, 0.05) is 6.92 Å². The van der Waals surface area contributed by atoms with Crippen LogP contribution in [0.3, 0.4) is 0 Å². The van der Waals surface area contributed by atoms with Crippen molar-refractivity contribution in [2.45, 2.75) is 6.92 Å². The summed E-state index contributed by atoms with van der Waals surface area (Å²) < 4.78 is 9.22. The summed E-state index contributed by atoms with van der Waals surface area (Å²) in [5, 5.41) is 12.3. The first-order valence-electron chi connectivity index (χ1n) is 7.34. The molecule has 0 aromatic carbocycles. The molecule has 0 amide bonds. The van der Waals surface area contributed by atoms with Crippen molar-refractivity contribution in [1.82, 2.24) is 48.6 Å². The van der Waals surface area contributed by atoms with E-state index in [9.17, 15) is 0 Å². The van der Waals surface area contributed by atoms with Crippen LogP contribution in [0.2, 0.25) is 0 Å². The third-order valence-corrected chi connectivity index (χ3v) is 3.80. The highest BCUT2D eigenvalue weighted by Gasteiger charge is 2.11. The highest BCUT2D eigenvalue weighted by atomic mass is 15.5. The van der Waals surface area contributed by atoms with Crippen molar-refractivity contribution in [2.75, 3.05) is 0 Å². The molecule has 0 atom stereocenters. The zero-order valence-electron chi connectivity index (χ0n) is 13.7. The Morgan fingerprint density at radius 1 is 0.875 bits per heavy atom. The van der Waals surface area contributed by atoms with Gasteiger partial charge in [0.25, 0.3) is 5.82 Å². The second-order valence-corrected chi connectivity index (χ2v) is 5.30. The summed E-state index contributed by atoms with van der Waals surface area (Å²) in [5.74, 6) is 1.27. The van der Waals surface area contributed by atoms with Crippen molar-refractivity contribution >= 4 is 7.12 Å². The smallest absolute Gasteiger partial charge is 0.330 e. The van der Waals surface area contributed by atoms with Crippen LogP contribution in [0.5, 0.6) is 0 Å². The molecule has 0 saturated heterocycles. The average Bonchev–Trinajstić information content (AvgIpc) is 3.36. The van der Waals surface area contributed by atoms with E-state index in [0.717, 1.165) is 0 Å². The fourth-order valence-corrected chi connectivity index (χ4v) is 2.25. The van der Waals surface area contributed by atoms with Crippen molar-refractivity contribution in [3.8, 4) is 0 Å². The van der Waals surface area contributed by atoms with Crippen molar-refractivity contribution in [3.05, 3.63) is 56.2 Å². The first kappa shape index (κ1) is 15.6. The van der Waals surface area contributed by atoms with E-state index in [-0.39, 0.29) is 0 Å². The molecule has 124 valence electrons. The van der Waals surface area contributed by atoms with Crippen LogP contribution < -0.4 is 4.57 Å². The Balaban J connectivity index is 0.000000179. The monoisotopic (exact) mass is 327 g/mol. The normalized spacial score (nSPS) is 10.7. The predicted molar refractivity (Wildman–Crippen MR) is 84.7 cm³/mol. The van der Waals surface area contributed by atoms with E-state index >= 15 is 0 Å². The first-order valence-corrected chi connectivity index (χ1v) is 7.34. The molecule has 0 aliphatic rings. The Bertz CT molecular complexity index is 746. The summed E-state index contributed by atoms with van der Waals surface area (Å²) in [5.41, 5.74) is 0. The molecule has 11 nitrogen and oxygen atoms in total. The predicted octanol–water partition coefficient (Wildman–Crippen LogP) is -1.72. The molecule has 0 aliphatic heterocycles. The van der Waals surface area contributed by atoms with Crippen molar-refractivity contribution in [3.63, 3.8) is 0 Å². The Labute approximate surface area is 138 Å². The summed E-state index contributed by atoms with van der Waals surface area (Å²) >= 11 is 0. The summed E-state index contributed by atoms with van der Waals surface area (Å²) in [6.45, 7) is 2.08. The van der Waals surface area contributed by atoms with Crippen LogP contribution in [-0.4, -0.2) is 55.7 Å². The molecule has 0 aliphatic carbocycles. The third kappa shape index (κ3) is 3.21. The van der Waals surface area contributed by atoms with Crippen LogP contribution in [0.4, 0.5) is 0 Å². The summed E-state index contributed by atoms with van der Waals surface area (Å²) in [4.78, 5) is 11.7. The maximum absolute atomic E-state index is 4.09. The lowest BCUT2D eigenvalue weighted by molar-refractivity contribution is -0.677. The Morgan fingerprint density at radius 2 is 1.33 bits per heavy atom. The van der Waals surface area contributed by atoms with Gasteiger partial charge >= 0.3 is 7.12 Å². The number of aryl methyl sites for hydroxylation is 2.